The first-order chi connectivity index (χ1) is 14.3. The van der Waals surface area contributed by atoms with E-state index >= 15 is 0 Å². The van der Waals surface area contributed by atoms with Crippen molar-refractivity contribution in [1.29, 1.82) is 0 Å². The van der Waals surface area contributed by atoms with Gasteiger partial charge in [0.25, 0.3) is 0 Å². The molecule has 0 heterocycles. The zero-order valence-electron chi connectivity index (χ0n) is 17.1. The van der Waals surface area contributed by atoms with Crippen LogP contribution in [0.2, 0.25) is 0 Å². The molecule has 4 aromatic carbocycles. The van der Waals surface area contributed by atoms with Crippen molar-refractivity contribution in [3.63, 3.8) is 0 Å². The second-order valence-corrected chi connectivity index (χ2v) is 8.27. The maximum atomic E-state index is 11.7. The molecule has 0 aromatic heterocycles. The van der Waals surface area contributed by atoms with Crippen molar-refractivity contribution < 1.29 is 42.5 Å². The average molecular weight is 439 g/mol. The average Bonchev–Trinajstić information content (AvgIpc) is 2.73. The molecule has 0 unspecified atom stereocenters. The third kappa shape index (κ3) is 5.03. The Hall–Kier alpha value is -2.55. The van der Waals surface area contributed by atoms with E-state index in [1.165, 1.54) is 11.6 Å². The molecule has 0 atom stereocenters. The summed E-state index contributed by atoms with van der Waals surface area (Å²) in [5.41, 5.74) is 10.4. The Morgan fingerprint density at radius 1 is 0.806 bits per heavy atom. The van der Waals surface area contributed by atoms with Crippen molar-refractivity contribution in [2.75, 3.05) is 5.73 Å². The molecule has 0 bridgehead atoms. The van der Waals surface area contributed by atoms with E-state index in [9.17, 15) is 13.0 Å². The normalized spacial score (nSPS) is 11.5. The van der Waals surface area contributed by atoms with Gasteiger partial charge >= 0.3 is 29.6 Å². The van der Waals surface area contributed by atoms with Crippen LogP contribution < -0.4 is 35.3 Å². The molecule has 0 spiro atoms. The Balaban J connectivity index is 0.00000272. The number of hydrogen-bond acceptors (Lipinski definition) is 6. The third-order valence-corrected chi connectivity index (χ3v) is 5.66. The molecular weight excluding hydrogens is 421 g/mol. The molecule has 0 fully saturated rings. The molecule has 6 nitrogen and oxygen atoms in total. The second-order valence-electron chi connectivity index (χ2n) is 6.92. The quantitative estimate of drug-likeness (QED) is 0.228. The van der Waals surface area contributed by atoms with Crippen molar-refractivity contribution in [2.45, 2.75) is 11.8 Å². The molecule has 31 heavy (non-hydrogen) atoms. The van der Waals surface area contributed by atoms with E-state index in [1.54, 1.807) is 24.3 Å². The maximum absolute atomic E-state index is 11.7. The van der Waals surface area contributed by atoms with Crippen LogP contribution in [-0.4, -0.2) is 13.0 Å². The molecule has 0 aliphatic rings. The first-order valence-electron chi connectivity index (χ1n) is 9.19. The number of anilines is 1. The van der Waals surface area contributed by atoms with Gasteiger partial charge < -0.3 is 10.3 Å². The first kappa shape index (κ1) is 23.1. The van der Waals surface area contributed by atoms with Gasteiger partial charge in [0.15, 0.2) is 0 Å². The number of nitrogens with zero attached hydrogens (tertiary/aromatic N) is 2. The third-order valence-electron chi connectivity index (χ3n) is 4.79. The largest absolute Gasteiger partial charge is 1.00 e. The molecule has 0 aliphatic carbocycles. The number of fused-ring (bicyclic) bond motifs is 1. The number of benzene rings is 4. The molecule has 2 N–H and O–H groups in total. The zero-order valence-corrected chi connectivity index (χ0v) is 19.9. The molecule has 0 saturated heterocycles. The molecule has 0 radical (unpaired) electrons. The molecule has 8 heteroatoms. The van der Waals surface area contributed by atoms with Crippen LogP contribution in [0, 0.1) is 6.92 Å². The Bertz CT molecular complexity index is 1390. The summed E-state index contributed by atoms with van der Waals surface area (Å²) in [6, 6.07) is 23.4. The predicted molar refractivity (Wildman–Crippen MR) is 117 cm³/mol. The van der Waals surface area contributed by atoms with Crippen LogP contribution in [0.5, 0.6) is 0 Å². The Kier molecular flexibility index (Phi) is 6.93. The van der Waals surface area contributed by atoms with Gasteiger partial charge in [-0.15, -0.1) is 5.11 Å². The summed E-state index contributed by atoms with van der Waals surface area (Å²) >= 11 is 0. The van der Waals surface area contributed by atoms with E-state index in [0.29, 0.717) is 11.1 Å². The minimum absolute atomic E-state index is 0. The van der Waals surface area contributed by atoms with E-state index in [2.05, 4.69) is 16.3 Å². The minimum Gasteiger partial charge on any atom is -0.744 e. The van der Waals surface area contributed by atoms with Crippen LogP contribution in [-0.2, 0) is 10.1 Å². The van der Waals surface area contributed by atoms with E-state index in [1.807, 2.05) is 49.4 Å². The van der Waals surface area contributed by atoms with Crippen molar-refractivity contribution in [3.05, 3.63) is 84.4 Å². The maximum Gasteiger partial charge on any atom is 1.00 e. The number of rotatable bonds is 4. The smallest absolute Gasteiger partial charge is 0.744 e. The number of aryl methyl sites for hydroxylation is 1. The van der Waals surface area contributed by atoms with Gasteiger partial charge in [-0.3, -0.25) is 0 Å². The Labute approximate surface area is 202 Å². The van der Waals surface area contributed by atoms with Crippen LogP contribution in [0.1, 0.15) is 5.56 Å². The molecule has 4 rings (SSSR count). The fourth-order valence-electron chi connectivity index (χ4n) is 3.30. The van der Waals surface area contributed by atoms with Crippen LogP contribution in [0.3, 0.4) is 0 Å². The van der Waals surface area contributed by atoms with E-state index in [-0.39, 0.29) is 51.2 Å². The van der Waals surface area contributed by atoms with E-state index in [4.69, 9.17) is 5.73 Å². The summed E-state index contributed by atoms with van der Waals surface area (Å²) in [6.45, 7) is 2.04. The van der Waals surface area contributed by atoms with Crippen molar-refractivity contribution in [1.82, 2.24) is 0 Å². The van der Waals surface area contributed by atoms with Gasteiger partial charge in [0, 0.05) is 10.8 Å². The molecule has 4 aromatic rings. The number of nitrogen functional groups attached to an aromatic ring is 1. The molecular formula is C23H18N3NaO3S. The van der Waals surface area contributed by atoms with Crippen molar-refractivity contribution in [2.24, 2.45) is 10.2 Å². The fraction of sp³-hybridized carbons (Fsp3) is 0.0435. The van der Waals surface area contributed by atoms with Crippen LogP contribution in [0.4, 0.5) is 17.1 Å². The Morgan fingerprint density at radius 3 is 2.13 bits per heavy atom. The van der Waals surface area contributed by atoms with Crippen LogP contribution >= 0.6 is 0 Å². The van der Waals surface area contributed by atoms with Crippen LogP contribution in [0.15, 0.2) is 94.0 Å². The summed E-state index contributed by atoms with van der Waals surface area (Å²) in [5.74, 6) is 0. The first-order valence-corrected chi connectivity index (χ1v) is 10.6. The standard InChI is InChI=1S/C23H19N3O3S.Na/c1-15-5-4-6-17(13-15)16-9-11-18(12-10-16)25-26-21-14-22(30(27,28)29)19-7-2-3-8-20(19)23(21)24;/h2-14H,24H2,1H3,(H,27,28,29);/q;+1/p-1. The van der Waals surface area contributed by atoms with Crippen LogP contribution in [0.25, 0.3) is 21.9 Å². The number of nitrogens with two attached hydrogens (primary N) is 1. The fourth-order valence-corrected chi connectivity index (χ4v) is 4.00. The van der Waals surface area contributed by atoms with Gasteiger partial charge in [-0.2, -0.15) is 5.11 Å². The van der Waals surface area contributed by atoms with Crippen molar-refractivity contribution in [3.8, 4) is 11.1 Å². The summed E-state index contributed by atoms with van der Waals surface area (Å²) in [4.78, 5) is -0.365. The van der Waals surface area contributed by atoms with Gasteiger partial charge in [-0.05, 0) is 36.2 Å². The predicted octanol–water partition coefficient (Wildman–Crippen LogP) is 2.72. The van der Waals surface area contributed by atoms with Gasteiger partial charge in [-0.1, -0.05) is 66.2 Å². The monoisotopic (exact) mass is 439 g/mol. The topological polar surface area (TPSA) is 108 Å². The summed E-state index contributed by atoms with van der Waals surface area (Å²) in [5, 5.41) is 8.99. The Morgan fingerprint density at radius 2 is 1.48 bits per heavy atom. The van der Waals surface area contributed by atoms with E-state index in [0.717, 1.165) is 11.1 Å². The summed E-state index contributed by atoms with van der Waals surface area (Å²) in [7, 11) is -4.70. The molecule has 0 aliphatic heterocycles. The van der Waals surface area contributed by atoms with Gasteiger partial charge in [0.2, 0.25) is 0 Å². The van der Waals surface area contributed by atoms with Gasteiger partial charge in [0.05, 0.1) is 16.3 Å². The number of azo groups is 1. The zero-order chi connectivity index (χ0) is 21.3. The van der Waals surface area contributed by atoms with Crippen molar-refractivity contribution >= 4 is 38.0 Å². The SMILES string of the molecule is Cc1cccc(-c2ccc(N=Nc3cc(S(=O)(=O)[O-])c4ccccc4c3N)cc2)c1.[Na+]. The molecule has 150 valence electrons. The second kappa shape index (κ2) is 9.30. The van der Waals surface area contributed by atoms with Gasteiger partial charge in [-0.25, -0.2) is 8.42 Å². The number of hydrogen-bond donors (Lipinski definition) is 1. The molecule has 0 amide bonds. The van der Waals surface area contributed by atoms with E-state index < -0.39 is 10.1 Å². The summed E-state index contributed by atoms with van der Waals surface area (Å²) < 4.78 is 35.1. The minimum atomic E-state index is -4.70. The summed E-state index contributed by atoms with van der Waals surface area (Å²) in [6.07, 6.45) is 0. The molecule has 0 saturated carbocycles. The van der Waals surface area contributed by atoms with Gasteiger partial charge in [0.1, 0.15) is 15.8 Å².